The Morgan fingerprint density at radius 3 is 2.45 bits per heavy atom. The van der Waals surface area contributed by atoms with E-state index in [1.165, 1.54) is 24.3 Å². The summed E-state index contributed by atoms with van der Waals surface area (Å²) in [5, 5.41) is 2.59. The fourth-order valence-electron chi connectivity index (χ4n) is 1.43. The number of nitrogens with one attached hydrogen (secondary N) is 1. The van der Waals surface area contributed by atoms with Crippen LogP contribution in [0.4, 0.5) is 14.6 Å². The fraction of sp³-hybridized carbons (Fsp3) is 0.0769. The van der Waals surface area contributed by atoms with E-state index in [1.54, 1.807) is 18.3 Å². The summed E-state index contributed by atoms with van der Waals surface area (Å²) in [6, 6.07) is 8.77. The molecule has 0 aliphatic carbocycles. The topological polar surface area (TPSA) is 51.2 Å². The average molecular weight is 343 g/mol. The second-order valence-corrected chi connectivity index (χ2v) is 4.63. The van der Waals surface area contributed by atoms with Crippen molar-refractivity contribution in [3.63, 3.8) is 0 Å². The Hall–Kier alpha value is -2.02. The Labute approximate surface area is 121 Å². The summed E-state index contributed by atoms with van der Waals surface area (Å²) in [6.07, 6.45) is 1.55. The van der Waals surface area contributed by atoms with Crippen LogP contribution >= 0.6 is 15.9 Å². The highest BCUT2D eigenvalue weighted by molar-refractivity contribution is 9.10. The van der Waals surface area contributed by atoms with Crippen molar-refractivity contribution in [3.8, 4) is 5.75 Å². The fourth-order valence-corrected chi connectivity index (χ4v) is 1.66. The number of ether oxygens (including phenoxy) is 1. The number of anilines is 1. The molecule has 1 heterocycles. The number of pyridine rings is 1. The lowest BCUT2D eigenvalue weighted by molar-refractivity contribution is -0.0498. The predicted octanol–water partition coefficient (Wildman–Crippen LogP) is 3.70. The number of alkyl halides is 2. The molecule has 0 aliphatic rings. The lowest BCUT2D eigenvalue weighted by Gasteiger charge is -2.06. The van der Waals surface area contributed by atoms with Crippen LogP contribution in [0.5, 0.6) is 5.75 Å². The first-order chi connectivity index (χ1) is 9.54. The molecule has 0 saturated heterocycles. The van der Waals surface area contributed by atoms with E-state index >= 15 is 0 Å². The Kier molecular flexibility index (Phi) is 4.62. The molecule has 0 unspecified atom stereocenters. The largest absolute Gasteiger partial charge is 0.435 e. The van der Waals surface area contributed by atoms with Gasteiger partial charge in [0.15, 0.2) is 0 Å². The van der Waals surface area contributed by atoms with E-state index in [9.17, 15) is 13.6 Å². The Bertz CT molecular complexity index is 588. The van der Waals surface area contributed by atoms with Gasteiger partial charge in [-0.1, -0.05) is 0 Å². The first-order valence-electron chi connectivity index (χ1n) is 5.52. The standard InChI is InChI=1S/C13H9BrF2N2O2/c14-9-3-6-11(17-7-9)18-12(19)8-1-4-10(5-2-8)20-13(15)16/h1-7,13H,(H,17,18,19). The maximum atomic E-state index is 12.0. The third-order valence-corrected chi connectivity index (χ3v) is 2.78. The summed E-state index contributed by atoms with van der Waals surface area (Å²) >= 11 is 3.23. The quantitative estimate of drug-likeness (QED) is 0.921. The van der Waals surface area contributed by atoms with Crippen molar-refractivity contribution < 1.29 is 18.3 Å². The van der Waals surface area contributed by atoms with Gasteiger partial charge in [0.05, 0.1) is 0 Å². The van der Waals surface area contributed by atoms with Crippen molar-refractivity contribution in [2.75, 3.05) is 5.32 Å². The SMILES string of the molecule is O=C(Nc1ccc(Br)cn1)c1ccc(OC(F)F)cc1. The van der Waals surface area contributed by atoms with Crippen molar-refractivity contribution in [2.45, 2.75) is 6.61 Å². The summed E-state index contributed by atoms with van der Waals surface area (Å²) in [5.41, 5.74) is 0.316. The zero-order valence-electron chi connectivity index (χ0n) is 10.0. The lowest BCUT2D eigenvalue weighted by Crippen LogP contribution is -2.12. The predicted molar refractivity (Wildman–Crippen MR) is 73.0 cm³/mol. The van der Waals surface area contributed by atoms with E-state index in [4.69, 9.17) is 0 Å². The van der Waals surface area contributed by atoms with E-state index in [1.807, 2.05) is 0 Å². The molecule has 1 amide bonds. The molecule has 1 aromatic carbocycles. The van der Waals surface area contributed by atoms with E-state index in [2.05, 4.69) is 31.0 Å². The summed E-state index contributed by atoms with van der Waals surface area (Å²) in [4.78, 5) is 15.9. The van der Waals surface area contributed by atoms with Crippen LogP contribution in [0.2, 0.25) is 0 Å². The number of rotatable bonds is 4. The number of carbonyl (C=O) groups excluding carboxylic acids is 1. The summed E-state index contributed by atoms with van der Waals surface area (Å²) in [7, 11) is 0. The first kappa shape index (κ1) is 14.4. The number of amides is 1. The van der Waals surface area contributed by atoms with Gasteiger partial charge in [0, 0.05) is 16.2 Å². The van der Waals surface area contributed by atoms with Crippen LogP contribution in [-0.2, 0) is 0 Å². The minimum atomic E-state index is -2.89. The van der Waals surface area contributed by atoms with Crippen molar-refractivity contribution in [1.29, 1.82) is 0 Å². The highest BCUT2D eigenvalue weighted by Gasteiger charge is 2.08. The van der Waals surface area contributed by atoms with Gasteiger partial charge in [-0.15, -0.1) is 0 Å². The lowest BCUT2D eigenvalue weighted by atomic mass is 10.2. The molecule has 0 fully saturated rings. The molecule has 1 aromatic heterocycles. The molecule has 0 atom stereocenters. The van der Waals surface area contributed by atoms with Crippen LogP contribution in [0, 0.1) is 0 Å². The summed E-state index contributed by atoms with van der Waals surface area (Å²) in [5.74, 6) is 0.00726. The molecule has 1 N–H and O–H groups in total. The van der Waals surface area contributed by atoms with E-state index < -0.39 is 6.61 Å². The number of halogens is 3. The number of aromatic nitrogens is 1. The van der Waals surface area contributed by atoms with Crippen LogP contribution in [-0.4, -0.2) is 17.5 Å². The smallest absolute Gasteiger partial charge is 0.387 e. The minimum absolute atomic E-state index is 0.00156. The van der Waals surface area contributed by atoms with Crippen LogP contribution in [0.3, 0.4) is 0 Å². The highest BCUT2D eigenvalue weighted by Crippen LogP contribution is 2.16. The number of hydrogen-bond donors (Lipinski definition) is 1. The first-order valence-corrected chi connectivity index (χ1v) is 6.31. The van der Waals surface area contributed by atoms with E-state index in [0.717, 1.165) is 4.47 Å². The number of benzene rings is 1. The van der Waals surface area contributed by atoms with E-state index in [0.29, 0.717) is 11.4 Å². The Morgan fingerprint density at radius 1 is 1.20 bits per heavy atom. The van der Waals surface area contributed by atoms with Gasteiger partial charge in [0.25, 0.3) is 5.91 Å². The van der Waals surface area contributed by atoms with Gasteiger partial charge in [-0.25, -0.2) is 4.98 Å². The van der Waals surface area contributed by atoms with Crippen molar-refractivity contribution in [3.05, 3.63) is 52.6 Å². The van der Waals surface area contributed by atoms with Gasteiger partial charge in [0.1, 0.15) is 11.6 Å². The Morgan fingerprint density at radius 2 is 1.90 bits per heavy atom. The van der Waals surface area contributed by atoms with Crippen molar-refractivity contribution in [2.24, 2.45) is 0 Å². The molecule has 2 aromatic rings. The van der Waals surface area contributed by atoms with Gasteiger partial charge in [-0.3, -0.25) is 4.79 Å². The molecule has 0 radical (unpaired) electrons. The zero-order valence-corrected chi connectivity index (χ0v) is 11.6. The number of nitrogens with zero attached hydrogens (tertiary/aromatic N) is 1. The molecule has 0 saturated carbocycles. The maximum Gasteiger partial charge on any atom is 0.387 e. The Balaban J connectivity index is 2.03. The number of carbonyl (C=O) groups is 1. The molecule has 20 heavy (non-hydrogen) atoms. The second-order valence-electron chi connectivity index (χ2n) is 3.72. The molecule has 0 spiro atoms. The molecular weight excluding hydrogens is 334 g/mol. The van der Waals surface area contributed by atoms with Gasteiger partial charge < -0.3 is 10.1 Å². The van der Waals surface area contributed by atoms with Gasteiger partial charge in [-0.05, 0) is 52.3 Å². The average Bonchev–Trinajstić information content (AvgIpc) is 2.41. The summed E-state index contributed by atoms with van der Waals surface area (Å²) < 4.78 is 29.0. The molecule has 0 bridgehead atoms. The molecular formula is C13H9BrF2N2O2. The third kappa shape index (κ3) is 3.99. The normalized spacial score (nSPS) is 10.4. The van der Waals surface area contributed by atoms with Gasteiger partial charge >= 0.3 is 6.61 Å². The van der Waals surface area contributed by atoms with Crippen LogP contribution in [0.1, 0.15) is 10.4 Å². The van der Waals surface area contributed by atoms with Gasteiger partial charge in [-0.2, -0.15) is 8.78 Å². The van der Waals surface area contributed by atoms with Crippen molar-refractivity contribution in [1.82, 2.24) is 4.98 Å². The molecule has 7 heteroatoms. The maximum absolute atomic E-state index is 12.0. The third-order valence-electron chi connectivity index (χ3n) is 2.31. The molecule has 0 aliphatic heterocycles. The highest BCUT2D eigenvalue weighted by atomic mass is 79.9. The van der Waals surface area contributed by atoms with Gasteiger partial charge in [0.2, 0.25) is 0 Å². The van der Waals surface area contributed by atoms with Crippen LogP contribution in [0.25, 0.3) is 0 Å². The van der Waals surface area contributed by atoms with Crippen LogP contribution in [0.15, 0.2) is 47.1 Å². The second kappa shape index (κ2) is 6.42. The molecule has 2 rings (SSSR count). The minimum Gasteiger partial charge on any atom is -0.435 e. The molecule has 104 valence electrons. The zero-order chi connectivity index (χ0) is 14.5. The molecule has 4 nitrogen and oxygen atoms in total. The number of hydrogen-bond acceptors (Lipinski definition) is 3. The summed E-state index contributed by atoms with van der Waals surface area (Å²) in [6.45, 7) is -2.89. The van der Waals surface area contributed by atoms with E-state index in [-0.39, 0.29) is 11.7 Å². The monoisotopic (exact) mass is 342 g/mol. The van der Waals surface area contributed by atoms with Crippen LogP contribution < -0.4 is 10.1 Å². The van der Waals surface area contributed by atoms with Crippen molar-refractivity contribution >= 4 is 27.7 Å².